The van der Waals surface area contributed by atoms with E-state index in [0.29, 0.717) is 18.4 Å². The Morgan fingerprint density at radius 2 is 1.55 bits per heavy atom. The van der Waals surface area contributed by atoms with E-state index in [2.05, 4.69) is 38.3 Å². The van der Waals surface area contributed by atoms with Crippen LogP contribution < -0.4 is 10.6 Å². The van der Waals surface area contributed by atoms with Gasteiger partial charge >= 0.3 is 12.0 Å². The second-order valence-corrected chi connectivity index (χ2v) is 6.48. The third-order valence-electron chi connectivity index (χ3n) is 3.02. The zero-order valence-corrected chi connectivity index (χ0v) is 13.4. The first kappa shape index (κ1) is 18.7. The molecular weight excluding hydrogens is 256 g/mol. The Bertz CT molecular complexity index is 303. The lowest BCUT2D eigenvalue weighted by Gasteiger charge is -2.20. The molecule has 5 nitrogen and oxygen atoms in total. The van der Waals surface area contributed by atoms with Gasteiger partial charge in [-0.15, -0.1) is 0 Å². The molecule has 0 heterocycles. The molecule has 2 atom stereocenters. The topological polar surface area (TPSA) is 78.4 Å². The van der Waals surface area contributed by atoms with Crippen LogP contribution in [0, 0.1) is 17.8 Å². The van der Waals surface area contributed by atoms with E-state index in [1.807, 2.05) is 6.92 Å². The SMILES string of the molecule is CC(C)CC(C)NC(=O)NC[C@H](CC(=O)O)CC(C)C. The van der Waals surface area contributed by atoms with Gasteiger partial charge < -0.3 is 15.7 Å². The Morgan fingerprint density at radius 1 is 1.00 bits per heavy atom. The number of carboxylic acid groups (broad SMARTS) is 1. The zero-order chi connectivity index (χ0) is 15.7. The largest absolute Gasteiger partial charge is 0.481 e. The molecule has 0 saturated heterocycles. The molecule has 2 amide bonds. The van der Waals surface area contributed by atoms with Crippen LogP contribution in [0.3, 0.4) is 0 Å². The number of urea groups is 1. The van der Waals surface area contributed by atoms with E-state index < -0.39 is 5.97 Å². The van der Waals surface area contributed by atoms with Crippen LogP contribution in [0.25, 0.3) is 0 Å². The summed E-state index contributed by atoms with van der Waals surface area (Å²) in [5.74, 6) is 0.125. The number of rotatable bonds is 9. The molecule has 0 fully saturated rings. The molecule has 0 aliphatic carbocycles. The van der Waals surface area contributed by atoms with Crippen LogP contribution in [-0.2, 0) is 4.79 Å². The molecule has 0 radical (unpaired) electrons. The number of hydrogen-bond acceptors (Lipinski definition) is 2. The molecule has 0 aromatic carbocycles. The van der Waals surface area contributed by atoms with Crippen molar-refractivity contribution < 1.29 is 14.7 Å². The van der Waals surface area contributed by atoms with Gasteiger partial charge in [0.2, 0.25) is 0 Å². The van der Waals surface area contributed by atoms with E-state index in [-0.39, 0.29) is 24.4 Å². The molecule has 0 saturated carbocycles. The van der Waals surface area contributed by atoms with Gasteiger partial charge in [0, 0.05) is 19.0 Å². The second-order valence-electron chi connectivity index (χ2n) is 6.48. The molecule has 1 unspecified atom stereocenters. The van der Waals surface area contributed by atoms with Crippen LogP contribution in [-0.4, -0.2) is 29.7 Å². The summed E-state index contributed by atoms with van der Waals surface area (Å²) in [4.78, 5) is 22.5. The summed E-state index contributed by atoms with van der Waals surface area (Å²) in [5.41, 5.74) is 0. The first-order valence-corrected chi connectivity index (χ1v) is 7.46. The number of nitrogens with one attached hydrogen (secondary N) is 2. The Hall–Kier alpha value is -1.26. The standard InChI is InChI=1S/C15H30N2O3/c1-10(2)6-12(5)17-15(20)16-9-13(7-11(3)4)8-14(18)19/h10-13H,6-9H2,1-5H3,(H,18,19)(H2,16,17,20)/t12?,13-/m0/s1. The number of hydrogen-bond donors (Lipinski definition) is 3. The van der Waals surface area contributed by atoms with Crippen molar-refractivity contribution in [2.45, 2.75) is 59.9 Å². The molecule has 0 bridgehead atoms. The third-order valence-corrected chi connectivity index (χ3v) is 3.02. The molecule has 0 aromatic rings. The maximum absolute atomic E-state index is 11.7. The van der Waals surface area contributed by atoms with E-state index in [9.17, 15) is 9.59 Å². The zero-order valence-electron chi connectivity index (χ0n) is 13.4. The van der Waals surface area contributed by atoms with Gasteiger partial charge in [0.1, 0.15) is 0 Å². The quantitative estimate of drug-likeness (QED) is 0.610. The van der Waals surface area contributed by atoms with Crippen LogP contribution in [0.4, 0.5) is 4.79 Å². The van der Waals surface area contributed by atoms with Gasteiger partial charge in [0.15, 0.2) is 0 Å². The first-order valence-electron chi connectivity index (χ1n) is 7.46. The highest BCUT2D eigenvalue weighted by Crippen LogP contribution is 2.14. The summed E-state index contributed by atoms with van der Waals surface area (Å²) >= 11 is 0. The lowest BCUT2D eigenvalue weighted by molar-refractivity contribution is -0.138. The van der Waals surface area contributed by atoms with Crippen molar-refractivity contribution in [1.82, 2.24) is 10.6 Å². The fourth-order valence-corrected chi connectivity index (χ4v) is 2.43. The summed E-state index contributed by atoms with van der Waals surface area (Å²) in [6.45, 7) is 10.7. The van der Waals surface area contributed by atoms with Crippen molar-refractivity contribution >= 4 is 12.0 Å². The lowest BCUT2D eigenvalue weighted by atomic mass is 9.94. The number of carbonyl (C=O) groups excluding carboxylic acids is 1. The van der Waals surface area contributed by atoms with E-state index in [4.69, 9.17) is 5.11 Å². The van der Waals surface area contributed by atoms with Gasteiger partial charge in [0.25, 0.3) is 0 Å². The van der Waals surface area contributed by atoms with Gasteiger partial charge in [-0.25, -0.2) is 4.79 Å². The van der Waals surface area contributed by atoms with Crippen molar-refractivity contribution in [3.8, 4) is 0 Å². The molecule has 0 aliphatic heterocycles. The first-order chi connectivity index (χ1) is 9.20. The molecule has 118 valence electrons. The smallest absolute Gasteiger partial charge is 0.315 e. The molecule has 20 heavy (non-hydrogen) atoms. The number of carbonyl (C=O) groups is 2. The average molecular weight is 286 g/mol. The summed E-state index contributed by atoms with van der Waals surface area (Å²) in [6.07, 6.45) is 1.83. The van der Waals surface area contributed by atoms with Crippen molar-refractivity contribution in [2.75, 3.05) is 6.54 Å². The maximum Gasteiger partial charge on any atom is 0.315 e. The highest BCUT2D eigenvalue weighted by atomic mass is 16.4. The highest BCUT2D eigenvalue weighted by Gasteiger charge is 2.16. The number of carboxylic acids is 1. The number of amides is 2. The summed E-state index contributed by atoms with van der Waals surface area (Å²) in [5, 5.41) is 14.5. The lowest BCUT2D eigenvalue weighted by Crippen LogP contribution is -2.43. The van der Waals surface area contributed by atoms with Crippen molar-refractivity contribution in [1.29, 1.82) is 0 Å². The van der Waals surface area contributed by atoms with E-state index in [1.165, 1.54) is 0 Å². The van der Waals surface area contributed by atoms with Gasteiger partial charge in [-0.1, -0.05) is 27.7 Å². The molecule has 0 aromatic heterocycles. The van der Waals surface area contributed by atoms with Crippen molar-refractivity contribution in [3.63, 3.8) is 0 Å². The highest BCUT2D eigenvalue weighted by molar-refractivity contribution is 5.74. The Morgan fingerprint density at radius 3 is 2.00 bits per heavy atom. The van der Waals surface area contributed by atoms with Crippen LogP contribution >= 0.6 is 0 Å². The Kier molecular flexibility index (Phi) is 9.01. The van der Waals surface area contributed by atoms with Gasteiger partial charge in [0.05, 0.1) is 0 Å². The van der Waals surface area contributed by atoms with Gasteiger partial charge in [-0.3, -0.25) is 4.79 Å². The Labute approximate surface area is 122 Å². The predicted molar refractivity (Wildman–Crippen MR) is 80.6 cm³/mol. The third kappa shape index (κ3) is 10.6. The molecule has 5 heteroatoms. The summed E-state index contributed by atoms with van der Waals surface area (Å²) in [6, 6.07) is -0.0877. The van der Waals surface area contributed by atoms with Gasteiger partial charge in [-0.2, -0.15) is 0 Å². The minimum absolute atomic E-state index is 0.0151. The normalized spacial score (nSPS) is 14.2. The van der Waals surface area contributed by atoms with E-state index >= 15 is 0 Å². The van der Waals surface area contributed by atoms with Gasteiger partial charge in [-0.05, 0) is 37.5 Å². The minimum atomic E-state index is -0.814. The second kappa shape index (κ2) is 9.61. The molecule has 0 rings (SSSR count). The molecule has 0 aliphatic rings. The minimum Gasteiger partial charge on any atom is -0.481 e. The summed E-state index contributed by atoms with van der Waals surface area (Å²) < 4.78 is 0. The average Bonchev–Trinajstić information content (AvgIpc) is 2.22. The van der Waals surface area contributed by atoms with Crippen LogP contribution in [0.2, 0.25) is 0 Å². The van der Waals surface area contributed by atoms with E-state index in [0.717, 1.165) is 12.8 Å². The molecule has 3 N–H and O–H groups in total. The number of aliphatic carboxylic acids is 1. The van der Waals surface area contributed by atoms with E-state index in [1.54, 1.807) is 0 Å². The fourth-order valence-electron chi connectivity index (χ4n) is 2.43. The van der Waals surface area contributed by atoms with Crippen LogP contribution in [0.15, 0.2) is 0 Å². The molecule has 0 spiro atoms. The fraction of sp³-hybridized carbons (Fsp3) is 0.867. The van der Waals surface area contributed by atoms with Crippen molar-refractivity contribution in [3.05, 3.63) is 0 Å². The maximum atomic E-state index is 11.7. The van der Waals surface area contributed by atoms with Crippen LogP contribution in [0.5, 0.6) is 0 Å². The summed E-state index contributed by atoms with van der Waals surface area (Å²) in [7, 11) is 0. The van der Waals surface area contributed by atoms with Crippen LogP contribution in [0.1, 0.15) is 53.9 Å². The monoisotopic (exact) mass is 286 g/mol. The van der Waals surface area contributed by atoms with Crippen molar-refractivity contribution in [2.24, 2.45) is 17.8 Å². The Balaban J connectivity index is 4.12. The molecular formula is C15H30N2O3. The predicted octanol–water partition coefficient (Wildman–Crippen LogP) is 2.86.